The monoisotopic (exact) mass is 356 g/mol. The number of fused-ring (bicyclic) bond motifs is 1. The number of carbonyl (C=O) groups excluding carboxylic acids is 1. The van der Waals surface area contributed by atoms with Gasteiger partial charge >= 0.3 is 0 Å². The average Bonchev–Trinajstić information content (AvgIpc) is 3.05. The molecule has 0 bridgehead atoms. The van der Waals surface area contributed by atoms with E-state index in [9.17, 15) is 4.79 Å². The molecular formula is C19H17ClN2O3. The second-order valence-corrected chi connectivity index (χ2v) is 6.49. The highest BCUT2D eigenvalue weighted by Gasteiger charge is 2.26. The predicted molar refractivity (Wildman–Crippen MR) is 94.4 cm³/mol. The fraction of sp³-hybridized carbons (Fsp3) is 0.263. The molecule has 2 aromatic carbocycles. The Hall–Kier alpha value is -2.37. The summed E-state index contributed by atoms with van der Waals surface area (Å²) in [5.74, 6) is 0.0226. The van der Waals surface area contributed by atoms with Crippen molar-refractivity contribution in [2.75, 3.05) is 19.7 Å². The molecular weight excluding hydrogens is 340 g/mol. The van der Waals surface area contributed by atoms with E-state index < -0.39 is 0 Å². The summed E-state index contributed by atoms with van der Waals surface area (Å²) in [5, 5.41) is 5.60. The third kappa shape index (κ3) is 3.38. The van der Waals surface area contributed by atoms with Gasteiger partial charge < -0.3 is 14.2 Å². The molecule has 4 rings (SSSR count). The van der Waals surface area contributed by atoms with Crippen molar-refractivity contribution in [3.05, 3.63) is 64.8 Å². The molecule has 1 aromatic heterocycles. The van der Waals surface area contributed by atoms with E-state index in [1.54, 1.807) is 0 Å². The first-order valence-corrected chi connectivity index (χ1v) is 8.56. The van der Waals surface area contributed by atoms with Gasteiger partial charge in [0.2, 0.25) is 5.91 Å². The number of morpholine rings is 1. The van der Waals surface area contributed by atoms with Crippen LogP contribution < -0.4 is 0 Å². The Morgan fingerprint density at radius 1 is 1.24 bits per heavy atom. The van der Waals surface area contributed by atoms with E-state index >= 15 is 0 Å². The summed E-state index contributed by atoms with van der Waals surface area (Å²) in [7, 11) is 0. The summed E-state index contributed by atoms with van der Waals surface area (Å²) in [5.41, 5.74) is 2.35. The van der Waals surface area contributed by atoms with Gasteiger partial charge in [0.15, 0.2) is 5.58 Å². The lowest BCUT2D eigenvalue weighted by Gasteiger charge is -2.33. The number of para-hydroxylation sites is 1. The Kier molecular flexibility index (Phi) is 4.42. The first kappa shape index (κ1) is 16.1. The van der Waals surface area contributed by atoms with Crippen molar-refractivity contribution in [2.45, 2.75) is 12.5 Å². The number of benzene rings is 2. The van der Waals surface area contributed by atoms with Crippen molar-refractivity contribution in [1.82, 2.24) is 10.1 Å². The van der Waals surface area contributed by atoms with Crippen LogP contribution in [0.1, 0.15) is 17.4 Å². The summed E-state index contributed by atoms with van der Waals surface area (Å²) in [6.07, 6.45) is 0.0599. The lowest BCUT2D eigenvalue weighted by Crippen LogP contribution is -2.43. The first-order chi connectivity index (χ1) is 12.2. The molecule has 5 nitrogen and oxygen atoms in total. The predicted octanol–water partition coefficient (Wildman–Crippen LogP) is 3.62. The van der Waals surface area contributed by atoms with Gasteiger partial charge in [-0.15, -0.1) is 0 Å². The maximum Gasteiger partial charge on any atom is 0.228 e. The standard InChI is InChI=1S/C19H17ClN2O3/c20-14-5-3-4-13(10-14)18-12-22(8-9-24-18)19(23)11-16-15-6-1-2-7-17(15)25-21-16/h1-7,10,18H,8-9,11-12H2. The third-order valence-corrected chi connectivity index (χ3v) is 4.65. The zero-order valence-corrected chi connectivity index (χ0v) is 14.3. The van der Waals surface area contributed by atoms with Gasteiger partial charge in [-0.05, 0) is 29.8 Å². The Bertz CT molecular complexity index is 908. The fourth-order valence-electron chi connectivity index (χ4n) is 3.10. The molecule has 1 fully saturated rings. The molecule has 1 unspecified atom stereocenters. The summed E-state index contributed by atoms with van der Waals surface area (Å²) < 4.78 is 11.1. The van der Waals surface area contributed by atoms with Crippen LogP contribution in [0.25, 0.3) is 11.0 Å². The lowest BCUT2D eigenvalue weighted by molar-refractivity contribution is -0.138. The van der Waals surface area contributed by atoms with E-state index in [1.165, 1.54) is 0 Å². The smallest absolute Gasteiger partial charge is 0.228 e. The maximum absolute atomic E-state index is 12.7. The molecule has 1 saturated heterocycles. The molecule has 0 spiro atoms. The summed E-state index contributed by atoms with van der Waals surface area (Å²) >= 11 is 6.06. The third-order valence-electron chi connectivity index (χ3n) is 4.41. The molecule has 6 heteroatoms. The van der Waals surface area contributed by atoms with Crippen LogP contribution in [0.3, 0.4) is 0 Å². The van der Waals surface area contributed by atoms with Crippen molar-refractivity contribution in [1.29, 1.82) is 0 Å². The van der Waals surface area contributed by atoms with Crippen LogP contribution in [0.4, 0.5) is 0 Å². The molecule has 25 heavy (non-hydrogen) atoms. The second kappa shape index (κ2) is 6.86. The average molecular weight is 357 g/mol. The minimum atomic E-state index is -0.162. The number of hydrogen-bond donors (Lipinski definition) is 0. The molecule has 1 aliphatic rings. The highest BCUT2D eigenvalue weighted by Crippen LogP contribution is 2.25. The van der Waals surface area contributed by atoms with E-state index in [-0.39, 0.29) is 18.4 Å². The van der Waals surface area contributed by atoms with Crippen LogP contribution in [0, 0.1) is 0 Å². The fourth-order valence-corrected chi connectivity index (χ4v) is 3.30. The van der Waals surface area contributed by atoms with Crippen LogP contribution in [0.15, 0.2) is 53.1 Å². The quantitative estimate of drug-likeness (QED) is 0.719. The molecule has 0 radical (unpaired) electrons. The van der Waals surface area contributed by atoms with Gasteiger partial charge in [0.05, 0.1) is 19.6 Å². The zero-order chi connectivity index (χ0) is 17.2. The van der Waals surface area contributed by atoms with Gasteiger partial charge in [-0.2, -0.15) is 0 Å². The van der Waals surface area contributed by atoms with E-state index in [0.29, 0.717) is 36.0 Å². The van der Waals surface area contributed by atoms with Crippen LogP contribution in [-0.2, 0) is 16.0 Å². The molecule has 0 aliphatic carbocycles. The Morgan fingerprint density at radius 3 is 3.00 bits per heavy atom. The molecule has 1 atom stereocenters. The van der Waals surface area contributed by atoms with Gasteiger partial charge in [0, 0.05) is 17.0 Å². The number of amides is 1. The summed E-state index contributed by atoms with van der Waals surface area (Å²) in [6.45, 7) is 1.59. The van der Waals surface area contributed by atoms with Gasteiger partial charge in [0.25, 0.3) is 0 Å². The molecule has 2 heterocycles. The van der Waals surface area contributed by atoms with Crippen LogP contribution >= 0.6 is 11.6 Å². The second-order valence-electron chi connectivity index (χ2n) is 6.06. The van der Waals surface area contributed by atoms with E-state index in [4.69, 9.17) is 20.9 Å². The largest absolute Gasteiger partial charge is 0.370 e. The van der Waals surface area contributed by atoms with Crippen LogP contribution in [0.5, 0.6) is 0 Å². The topological polar surface area (TPSA) is 55.6 Å². The first-order valence-electron chi connectivity index (χ1n) is 8.19. The Morgan fingerprint density at radius 2 is 2.12 bits per heavy atom. The number of carbonyl (C=O) groups is 1. The lowest BCUT2D eigenvalue weighted by atomic mass is 10.1. The van der Waals surface area contributed by atoms with Crippen molar-refractivity contribution in [2.24, 2.45) is 0 Å². The number of nitrogens with zero attached hydrogens (tertiary/aromatic N) is 2. The van der Waals surface area contributed by atoms with Crippen molar-refractivity contribution in [3.8, 4) is 0 Å². The molecule has 128 valence electrons. The molecule has 0 saturated carbocycles. The molecule has 3 aromatic rings. The van der Waals surface area contributed by atoms with Gasteiger partial charge in [-0.1, -0.05) is 41.0 Å². The molecule has 0 N–H and O–H groups in total. The van der Waals surface area contributed by atoms with E-state index in [2.05, 4.69) is 5.16 Å². The van der Waals surface area contributed by atoms with Crippen molar-refractivity contribution in [3.63, 3.8) is 0 Å². The zero-order valence-electron chi connectivity index (χ0n) is 13.5. The maximum atomic E-state index is 12.7. The number of aromatic nitrogens is 1. The highest BCUT2D eigenvalue weighted by atomic mass is 35.5. The van der Waals surface area contributed by atoms with Gasteiger partial charge in [-0.25, -0.2) is 0 Å². The SMILES string of the molecule is O=C(Cc1noc2ccccc12)N1CCOC(c2cccc(Cl)c2)C1. The Balaban J connectivity index is 1.48. The van der Waals surface area contributed by atoms with Gasteiger partial charge in [0.1, 0.15) is 11.8 Å². The summed E-state index contributed by atoms with van der Waals surface area (Å²) in [6, 6.07) is 15.1. The van der Waals surface area contributed by atoms with E-state index in [0.717, 1.165) is 10.9 Å². The van der Waals surface area contributed by atoms with Crippen molar-refractivity contribution >= 4 is 28.5 Å². The summed E-state index contributed by atoms with van der Waals surface area (Å²) in [4.78, 5) is 14.5. The Labute approximate surface area is 150 Å². The molecule has 1 aliphatic heterocycles. The van der Waals surface area contributed by atoms with Gasteiger partial charge in [-0.3, -0.25) is 4.79 Å². The molecule has 1 amide bonds. The van der Waals surface area contributed by atoms with Crippen LogP contribution in [-0.4, -0.2) is 35.7 Å². The number of rotatable bonds is 3. The minimum absolute atomic E-state index is 0.0226. The minimum Gasteiger partial charge on any atom is -0.370 e. The van der Waals surface area contributed by atoms with E-state index in [1.807, 2.05) is 53.4 Å². The number of ether oxygens (including phenoxy) is 1. The normalized spacial score (nSPS) is 17.8. The number of hydrogen-bond acceptors (Lipinski definition) is 4. The van der Waals surface area contributed by atoms with Crippen molar-refractivity contribution < 1.29 is 14.1 Å². The van der Waals surface area contributed by atoms with Crippen LogP contribution in [0.2, 0.25) is 5.02 Å². The number of halogens is 1. The highest BCUT2D eigenvalue weighted by molar-refractivity contribution is 6.30.